The number of amides is 1. The minimum absolute atomic E-state index is 0.0577. The van der Waals surface area contributed by atoms with Gasteiger partial charge in [0.1, 0.15) is 5.75 Å². The van der Waals surface area contributed by atoms with Gasteiger partial charge >= 0.3 is 0 Å². The molecular formula is C22H19Cl2N3O6S2. The van der Waals surface area contributed by atoms with Gasteiger partial charge < -0.3 is 10.1 Å². The molecule has 3 aromatic rings. The van der Waals surface area contributed by atoms with Crippen molar-refractivity contribution >= 4 is 66.2 Å². The van der Waals surface area contributed by atoms with Crippen molar-refractivity contribution < 1.29 is 26.4 Å². The fourth-order valence-electron chi connectivity index (χ4n) is 3.42. The standard InChI is InChI=1S/C22H19Cl2N3O6S2/c1-34(29,30)27-13-21(33-20-5-3-2-4-19(20)27)22(28)25-16-6-8-18(9-7-16)35(31,32)26-17-11-14(23)10-15(24)12-17/h2-12,21,26H,13H2,1H3,(H,25,28)/t21-/m0/s1. The Balaban J connectivity index is 1.48. The quantitative estimate of drug-likeness (QED) is 0.474. The number of sulfonamides is 2. The topological polar surface area (TPSA) is 122 Å². The number of carbonyl (C=O) groups is 1. The number of anilines is 3. The number of nitrogens with one attached hydrogen (secondary N) is 2. The van der Waals surface area contributed by atoms with E-state index in [1.165, 1.54) is 42.5 Å². The summed E-state index contributed by atoms with van der Waals surface area (Å²) in [6.45, 7) is -0.208. The van der Waals surface area contributed by atoms with Gasteiger partial charge in [-0.3, -0.25) is 13.8 Å². The SMILES string of the molecule is CS(=O)(=O)N1C[C@@H](C(=O)Nc2ccc(S(=O)(=O)Nc3cc(Cl)cc(Cl)c3)cc2)Oc2ccccc21. The smallest absolute Gasteiger partial charge is 0.267 e. The van der Waals surface area contributed by atoms with Gasteiger partial charge in [-0.2, -0.15) is 0 Å². The van der Waals surface area contributed by atoms with Crippen molar-refractivity contribution in [1.29, 1.82) is 0 Å². The third-order valence-corrected chi connectivity index (χ3v) is 7.95. The number of hydrogen-bond acceptors (Lipinski definition) is 6. The van der Waals surface area contributed by atoms with Crippen LogP contribution in [0.2, 0.25) is 10.0 Å². The maximum absolute atomic E-state index is 12.8. The maximum atomic E-state index is 12.8. The highest BCUT2D eigenvalue weighted by Gasteiger charge is 2.34. The molecule has 3 aromatic carbocycles. The molecule has 0 saturated heterocycles. The fourth-order valence-corrected chi connectivity index (χ4v) is 5.90. The molecule has 184 valence electrons. The molecule has 2 N–H and O–H groups in total. The second-order valence-electron chi connectivity index (χ2n) is 7.65. The predicted octanol–water partition coefficient (Wildman–Crippen LogP) is 3.96. The first-order chi connectivity index (χ1) is 16.4. The predicted molar refractivity (Wildman–Crippen MR) is 135 cm³/mol. The first-order valence-electron chi connectivity index (χ1n) is 10.1. The summed E-state index contributed by atoms with van der Waals surface area (Å²) in [4.78, 5) is 12.8. The number of para-hydroxylation sites is 2. The van der Waals surface area contributed by atoms with Crippen LogP contribution < -0.4 is 19.1 Å². The normalized spacial score (nSPS) is 15.6. The third-order valence-electron chi connectivity index (χ3n) is 4.97. The van der Waals surface area contributed by atoms with Crippen molar-refractivity contribution in [3.63, 3.8) is 0 Å². The highest BCUT2D eigenvalue weighted by Crippen LogP contribution is 2.35. The molecule has 13 heteroatoms. The number of carbonyl (C=O) groups excluding carboxylic acids is 1. The Labute approximate surface area is 212 Å². The summed E-state index contributed by atoms with van der Waals surface area (Å²) in [6.07, 6.45) is -0.0634. The van der Waals surface area contributed by atoms with Crippen LogP contribution in [0.5, 0.6) is 5.75 Å². The Morgan fingerprint density at radius 2 is 1.57 bits per heavy atom. The van der Waals surface area contributed by atoms with Crippen LogP contribution in [-0.4, -0.2) is 41.6 Å². The molecule has 0 aromatic heterocycles. The summed E-state index contributed by atoms with van der Waals surface area (Å²) in [5.74, 6) is -0.326. The molecule has 0 fully saturated rings. The molecule has 1 heterocycles. The summed E-state index contributed by atoms with van der Waals surface area (Å²) < 4.78 is 59.1. The maximum Gasteiger partial charge on any atom is 0.267 e. The molecular weight excluding hydrogens is 537 g/mol. The number of hydrogen-bond donors (Lipinski definition) is 2. The monoisotopic (exact) mass is 555 g/mol. The second-order valence-corrected chi connectivity index (χ2v) is 12.1. The average Bonchev–Trinajstić information content (AvgIpc) is 2.77. The van der Waals surface area contributed by atoms with E-state index in [4.69, 9.17) is 27.9 Å². The van der Waals surface area contributed by atoms with Crippen LogP contribution >= 0.6 is 23.2 Å². The fraction of sp³-hybridized carbons (Fsp3) is 0.136. The number of benzene rings is 3. The minimum atomic E-state index is -3.95. The van der Waals surface area contributed by atoms with Gasteiger partial charge in [0.15, 0.2) is 6.10 Å². The van der Waals surface area contributed by atoms with Crippen LogP contribution in [0, 0.1) is 0 Å². The van der Waals surface area contributed by atoms with Gasteiger partial charge in [-0.05, 0) is 54.6 Å². The molecule has 0 unspecified atom stereocenters. The molecule has 0 spiro atoms. The largest absolute Gasteiger partial charge is 0.476 e. The van der Waals surface area contributed by atoms with E-state index in [9.17, 15) is 21.6 Å². The van der Waals surface area contributed by atoms with Gasteiger partial charge in [-0.25, -0.2) is 16.8 Å². The van der Waals surface area contributed by atoms with Crippen molar-refractivity contribution in [3.05, 3.63) is 76.8 Å². The molecule has 0 bridgehead atoms. The van der Waals surface area contributed by atoms with E-state index in [1.807, 2.05) is 0 Å². The van der Waals surface area contributed by atoms with Gasteiger partial charge in [0.2, 0.25) is 10.0 Å². The van der Waals surface area contributed by atoms with E-state index in [-0.39, 0.29) is 32.9 Å². The molecule has 0 aliphatic carbocycles. The van der Waals surface area contributed by atoms with E-state index in [0.717, 1.165) is 10.6 Å². The minimum Gasteiger partial charge on any atom is -0.476 e. The van der Waals surface area contributed by atoms with E-state index in [0.29, 0.717) is 11.4 Å². The Hall–Kier alpha value is -2.99. The van der Waals surface area contributed by atoms with Crippen LogP contribution in [0.4, 0.5) is 17.1 Å². The first-order valence-corrected chi connectivity index (χ1v) is 14.1. The van der Waals surface area contributed by atoms with Gasteiger partial charge in [-0.15, -0.1) is 0 Å². The molecule has 1 amide bonds. The van der Waals surface area contributed by atoms with Crippen LogP contribution in [0.3, 0.4) is 0 Å². The summed E-state index contributed by atoms with van der Waals surface area (Å²) in [7, 11) is -7.60. The number of ether oxygens (including phenoxy) is 1. The van der Waals surface area contributed by atoms with Gasteiger partial charge in [0.05, 0.1) is 29.1 Å². The number of fused-ring (bicyclic) bond motifs is 1. The Morgan fingerprint density at radius 1 is 0.943 bits per heavy atom. The summed E-state index contributed by atoms with van der Waals surface area (Å²) in [5.41, 5.74) is 0.847. The van der Waals surface area contributed by atoms with E-state index in [1.54, 1.807) is 24.3 Å². The lowest BCUT2D eigenvalue weighted by Gasteiger charge is -2.33. The van der Waals surface area contributed by atoms with Crippen molar-refractivity contribution in [1.82, 2.24) is 0 Å². The van der Waals surface area contributed by atoms with Crippen LogP contribution in [0.1, 0.15) is 0 Å². The lowest BCUT2D eigenvalue weighted by atomic mass is 10.2. The summed E-state index contributed by atoms with van der Waals surface area (Å²) in [5, 5.41) is 3.17. The molecule has 35 heavy (non-hydrogen) atoms. The third kappa shape index (κ3) is 5.81. The van der Waals surface area contributed by atoms with E-state index in [2.05, 4.69) is 10.0 Å². The van der Waals surface area contributed by atoms with Crippen LogP contribution in [0.25, 0.3) is 0 Å². The van der Waals surface area contributed by atoms with Crippen LogP contribution in [-0.2, 0) is 24.8 Å². The van der Waals surface area contributed by atoms with Gasteiger partial charge in [0, 0.05) is 15.7 Å². The molecule has 9 nitrogen and oxygen atoms in total. The van der Waals surface area contributed by atoms with Crippen molar-refractivity contribution in [2.75, 3.05) is 27.1 Å². The Kier molecular flexibility index (Phi) is 6.87. The van der Waals surface area contributed by atoms with Crippen molar-refractivity contribution in [2.45, 2.75) is 11.0 Å². The summed E-state index contributed by atoms with van der Waals surface area (Å²) in [6, 6.07) is 16.3. The van der Waals surface area contributed by atoms with Crippen LogP contribution in [0.15, 0.2) is 71.6 Å². The zero-order valence-corrected chi connectivity index (χ0v) is 21.2. The van der Waals surface area contributed by atoms with Gasteiger partial charge in [-0.1, -0.05) is 35.3 Å². The first kappa shape index (κ1) is 25.1. The Bertz CT molecular complexity index is 1480. The zero-order valence-electron chi connectivity index (χ0n) is 18.1. The molecule has 0 radical (unpaired) electrons. The summed E-state index contributed by atoms with van der Waals surface area (Å²) >= 11 is 11.8. The highest BCUT2D eigenvalue weighted by atomic mass is 35.5. The molecule has 1 aliphatic rings. The Morgan fingerprint density at radius 3 is 2.20 bits per heavy atom. The highest BCUT2D eigenvalue weighted by molar-refractivity contribution is 7.92. The number of rotatable bonds is 6. The lowest BCUT2D eigenvalue weighted by molar-refractivity contribution is -0.122. The number of halogens is 2. The molecule has 1 aliphatic heterocycles. The zero-order chi connectivity index (χ0) is 25.4. The van der Waals surface area contributed by atoms with E-state index < -0.39 is 32.1 Å². The molecule has 0 saturated carbocycles. The molecule has 1 atom stereocenters. The molecule has 4 rings (SSSR count). The number of nitrogens with zero attached hydrogens (tertiary/aromatic N) is 1. The van der Waals surface area contributed by atoms with Crippen molar-refractivity contribution in [3.8, 4) is 5.75 Å². The van der Waals surface area contributed by atoms with Crippen molar-refractivity contribution in [2.24, 2.45) is 0 Å². The average molecular weight is 556 g/mol. The van der Waals surface area contributed by atoms with E-state index >= 15 is 0 Å². The lowest BCUT2D eigenvalue weighted by Crippen LogP contribution is -2.48. The van der Waals surface area contributed by atoms with Gasteiger partial charge in [0.25, 0.3) is 15.9 Å². The second kappa shape index (κ2) is 9.57.